The fourth-order valence-corrected chi connectivity index (χ4v) is 1.88. The monoisotopic (exact) mass is 239 g/mol. The van der Waals surface area contributed by atoms with Crippen LogP contribution in [0.3, 0.4) is 0 Å². The first kappa shape index (κ1) is 12.1. The molecule has 0 saturated carbocycles. The molecule has 0 aromatic carbocycles. The molecule has 0 radical (unpaired) electrons. The fourth-order valence-electron chi connectivity index (χ4n) is 1.88. The zero-order chi connectivity index (χ0) is 12.3. The topological polar surface area (TPSA) is 71.7 Å². The van der Waals surface area contributed by atoms with Gasteiger partial charge in [0.15, 0.2) is 0 Å². The molecule has 2 heterocycles. The largest absolute Gasteiger partial charge is 0.478 e. The minimum Gasteiger partial charge on any atom is -0.478 e. The summed E-state index contributed by atoms with van der Waals surface area (Å²) in [5, 5.41) is 12.2. The van der Waals surface area contributed by atoms with E-state index in [-0.39, 0.29) is 11.1 Å². The number of hydrogen-bond acceptors (Lipinski definition) is 4. The van der Waals surface area contributed by atoms with Gasteiger partial charge in [0, 0.05) is 18.8 Å². The Kier molecular flexibility index (Phi) is 3.49. The summed E-state index contributed by atoms with van der Waals surface area (Å²) in [7, 11) is 0. The van der Waals surface area contributed by atoms with Crippen LogP contribution in [0.25, 0.3) is 0 Å². The lowest BCUT2D eigenvalue weighted by atomic mass is 9.92. The standard InChI is InChI=1S/C12H17NO4/c1-12(2-4-16-5-3-12)13-7-10-6-9(8-17-10)11(14)15/h6,8,13H,2-5,7H2,1H3,(H,14,15). The van der Waals surface area contributed by atoms with Gasteiger partial charge in [-0.2, -0.15) is 0 Å². The molecule has 0 amide bonds. The minimum atomic E-state index is -0.961. The Morgan fingerprint density at radius 1 is 1.53 bits per heavy atom. The fraction of sp³-hybridized carbons (Fsp3) is 0.583. The summed E-state index contributed by atoms with van der Waals surface area (Å²) in [4.78, 5) is 10.7. The summed E-state index contributed by atoms with van der Waals surface area (Å²) < 4.78 is 10.5. The summed E-state index contributed by atoms with van der Waals surface area (Å²) >= 11 is 0. The van der Waals surface area contributed by atoms with Crippen molar-refractivity contribution < 1.29 is 19.1 Å². The van der Waals surface area contributed by atoms with Crippen molar-refractivity contribution in [3.8, 4) is 0 Å². The second kappa shape index (κ2) is 4.89. The lowest BCUT2D eigenvalue weighted by molar-refractivity contribution is 0.0439. The van der Waals surface area contributed by atoms with Crippen molar-refractivity contribution in [1.29, 1.82) is 0 Å². The quantitative estimate of drug-likeness (QED) is 0.835. The van der Waals surface area contributed by atoms with Crippen molar-refractivity contribution >= 4 is 5.97 Å². The maximum Gasteiger partial charge on any atom is 0.338 e. The van der Waals surface area contributed by atoms with Gasteiger partial charge in [0.05, 0.1) is 12.1 Å². The third-order valence-electron chi connectivity index (χ3n) is 3.19. The van der Waals surface area contributed by atoms with Gasteiger partial charge in [0.1, 0.15) is 12.0 Å². The molecule has 0 spiro atoms. The van der Waals surface area contributed by atoms with Crippen LogP contribution in [0, 0.1) is 0 Å². The van der Waals surface area contributed by atoms with Crippen molar-refractivity contribution in [1.82, 2.24) is 5.32 Å². The average Bonchev–Trinajstić information content (AvgIpc) is 2.76. The summed E-state index contributed by atoms with van der Waals surface area (Å²) in [5.74, 6) is -0.313. The first-order chi connectivity index (χ1) is 8.09. The van der Waals surface area contributed by atoms with Crippen LogP contribution in [0.5, 0.6) is 0 Å². The Bertz CT molecular complexity index is 393. The number of hydrogen-bond donors (Lipinski definition) is 2. The van der Waals surface area contributed by atoms with Crippen molar-refractivity contribution in [3.05, 3.63) is 23.7 Å². The van der Waals surface area contributed by atoms with Gasteiger partial charge in [0.25, 0.3) is 0 Å². The second-order valence-electron chi connectivity index (χ2n) is 4.63. The number of carbonyl (C=O) groups is 1. The molecule has 1 aromatic rings. The molecule has 2 N–H and O–H groups in total. The Morgan fingerprint density at radius 3 is 2.82 bits per heavy atom. The van der Waals surface area contributed by atoms with Crippen molar-refractivity contribution in [2.45, 2.75) is 31.8 Å². The molecule has 5 nitrogen and oxygen atoms in total. The van der Waals surface area contributed by atoms with Gasteiger partial charge in [-0.05, 0) is 25.8 Å². The van der Waals surface area contributed by atoms with E-state index in [1.54, 1.807) is 6.07 Å². The number of rotatable bonds is 4. The molecule has 5 heteroatoms. The highest BCUT2D eigenvalue weighted by Gasteiger charge is 2.26. The zero-order valence-electron chi connectivity index (χ0n) is 9.86. The van der Waals surface area contributed by atoms with E-state index in [0.717, 1.165) is 26.1 Å². The smallest absolute Gasteiger partial charge is 0.338 e. The van der Waals surface area contributed by atoms with Gasteiger partial charge < -0.3 is 19.6 Å². The maximum atomic E-state index is 10.7. The molecule has 1 aliphatic rings. The van der Waals surface area contributed by atoms with Crippen LogP contribution >= 0.6 is 0 Å². The molecule has 1 fully saturated rings. The molecule has 1 saturated heterocycles. The van der Waals surface area contributed by atoms with Gasteiger partial charge >= 0.3 is 5.97 Å². The first-order valence-electron chi connectivity index (χ1n) is 5.73. The SMILES string of the molecule is CC1(NCc2cc(C(=O)O)co2)CCOCC1. The van der Waals surface area contributed by atoms with E-state index in [2.05, 4.69) is 12.2 Å². The normalized spacial score (nSPS) is 19.1. The molecule has 1 aromatic heterocycles. The van der Waals surface area contributed by atoms with E-state index in [1.807, 2.05) is 0 Å². The Hall–Kier alpha value is -1.33. The molecule has 0 atom stereocenters. The van der Waals surface area contributed by atoms with Crippen LogP contribution in [0.1, 0.15) is 35.9 Å². The lowest BCUT2D eigenvalue weighted by Gasteiger charge is -2.34. The summed E-state index contributed by atoms with van der Waals surface area (Å²) in [6.45, 7) is 4.23. The van der Waals surface area contributed by atoms with E-state index in [1.165, 1.54) is 6.26 Å². The predicted molar refractivity (Wildman–Crippen MR) is 61.0 cm³/mol. The van der Waals surface area contributed by atoms with Crippen LogP contribution in [0.4, 0.5) is 0 Å². The summed E-state index contributed by atoms with van der Waals surface area (Å²) in [6.07, 6.45) is 3.19. The van der Waals surface area contributed by atoms with E-state index >= 15 is 0 Å². The Labute approximate surface area is 99.8 Å². The molecule has 17 heavy (non-hydrogen) atoms. The van der Waals surface area contributed by atoms with Gasteiger partial charge in [-0.3, -0.25) is 0 Å². The predicted octanol–water partition coefficient (Wildman–Crippen LogP) is 1.64. The lowest BCUT2D eigenvalue weighted by Crippen LogP contribution is -2.46. The third-order valence-corrected chi connectivity index (χ3v) is 3.19. The van der Waals surface area contributed by atoms with Gasteiger partial charge in [-0.15, -0.1) is 0 Å². The van der Waals surface area contributed by atoms with E-state index < -0.39 is 5.97 Å². The van der Waals surface area contributed by atoms with Crippen LogP contribution in [0.2, 0.25) is 0 Å². The molecular weight excluding hydrogens is 222 g/mol. The molecule has 0 unspecified atom stereocenters. The van der Waals surface area contributed by atoms with Gasteiger partial charge in [-0.1, -0.05) is 0 Å². The second-order valence-corrected chi connectivity index (χ2v) is 4.63. The highest BCUT2D eigenvalue weighted by atomic mass is 16.5. The summed E-state index contributed by atoms with van der Waals surface area (Å²) in [6, 6.07) is 1.55. The molecule has 0 aliphatic carbocycles. The Morgan fingerprint density at radius 2 is 2.24 bits per heavy atom. The number of nitrogens with one attached hydrogen (secondary N) is 1. The Balaban J connectivity index is 1.90. The third kappa shape index (κ3) is 3.08. The van der Waals surface area contributed by atoms with Crippen molar-refractivity contribution in [3.63, 3.8) is 0 Å². The number of aromatic carboxylic acids is 1. The average molecular weight is 239 g/mol. The molecule has 94 valence electrons. The summed E-state index contributed by atoms with van der Waals surface area (Å²) in [5.41, 5.74) is 0.243. The van der Waals surface area contributed by atoms with Crippen LogP contribution in [0.15, 0.2) is 16.7 Å². The van der Waals surface area contributed by atoms with Crippen LogP contribution < -0.4 is 5.32 Å². The highest BCUT2D eigenvalue weighted by molar-refractivity contribution is 5.87. The van der Waals surface area contributed by atoms with Crippen LogP contribution in [-0.2, 0) is 11.3 Å². The molecule has 2 rings (SSSR count). The minimum absolute atomic E-state index is 0.0500. The van der Waals surface area contributed by atoms with E-state index in [4.69, 9.17) is 14.3 Å². The van der Waals surface area contributed by atoms with E-state index in [0.29, 0.717) is 12.3 Å². The molecule has 1 aliphatic heterocycles. The number of carboxylic acids is 1. The first-order valence-corrected chi connectivity index (χ1v) is 5.73. The zero-order valence-corrected chi connectivity index (χ0v) is 9.86. The number of furan rings is 1. The van der Waals surface area contributed by atoms with E-state index in [9.17, 15) is 4.79 Å². The highest BCUT2D eigenvalue weighted by Crippen LogP contribution is 2.20. The maximum absolute atomic E-state index is 10.7. The number of carboxylic acid groups (broad SMARTS) is 1. The van der Waals surface area contributed by atoms with Gasteiger partial charge in [-0.25, -0.2) is 4.79 Å². The van der Waals surface area contributed by atoms with Crippen molar-refractivity contribution in [2.24, 2.45) is 0 Å². The van der Waals surface area contributed by atoms with Crippen LogP contribution in [-0.4, -0.2) is 29.8 Å². The van der Waals surface area contributed by atoms with Gasteiger partial charge in [0.2, 0.25) is 0 Å². The number of ether oxygens (including phenoxy) is 1. The molecular formula is C12H17NO4. The molecule has 0 bridgehead atoms. The van der Waals surface area contributed by atoms with Crippen molar-refractivity contribution in [2.75, 3.05) is 13.2 Å².